The van der Waals surface area contributed by atoms with Gasteiger partial charge in [0.15, 0.2) is 0 Å². The zero-order chi connectivity index (χ0) is 12.3. The Morgan fingerprint density at radius 1 is 1.47 bits per heavy atom. The fourth-order valence-corrected chi connectivity index (χ4v) is 2.41. The minimum absolute atomic E-state index is 0.0188. The summed E-state index contributed by atoms with van der Waals surface area (Å²) in [5.41, 5.74) is 1.29. The van der Waals surface area contributed by atoms with E-state index in [1.54, 1.807) is 0 Å². The van der Waals surface area contributed by atoms with Gasteiger partial charge in [-0.3, -0.25) is 4.79 Å². The molecule has 1 aromatic rings. The van der Waals surface area contributed by atoms with Gasteiger partial charge < -0.3 is 10.4 Å². The molecule has 0 saturated carbocycles. The van der Waals surface area contributed by atoms with E-state index in [1.807, 2.05) is 31.2 Å². The highest BCUT2D eigenvalue weighted by Gasteiger charge is 2.36. The Balaban J connectivity index is 2.04. The lowest BCUT2D eigenvalue weighted by molar-refractivity contribution is -0.122. The minimum Gasteiger partial charge on any atom is -0.383 e. The summed E-state index contributed by atoms with van der Waals surface area (Å²) in [6, 6.07) is 7.92. The summed E-state index contributed by atoms with van der Waals surface area (Å²) in [5.74, 6) is 0.0188. The summed E-state index contributed by atoms with van der Waals surface area (Å²) in [5, 5.41) is 13.4. The van der Waals surface area contributed by atoms with Gasteiger partial charge in [0.1, 0.15) is 5.60 Å². The van der Waals surface area contributed by atoms with Crippen LogP contribution in [0.4, 0.5) is 0 Å². The van der Waals surface area contributed by atoms with Crippen LogP contribution < -0.4 is 5.32 Å². The van der Waals surface area contributed by atoms with Crippen LogP contribution >= 0.6 is 0 Å². The maximum atomic E-state index is 11.4. The molecular weight excluding hydrogens is 214 g/mol. The van der Waals surface area contributed by atoms with Gasteiger partial charge in [0, 0.05) is 6.42 Å². The van der Waals surface area contributed by atoms with Crippen molar-refractivity contribution in [3.63, 3.8) is 0 Å². The number of nitrogens with one attached hydrogen (secondary N) is 1. The number of aliphatic hydroxyl groups is 1. The first-order chi connectivity index (χ1) is 8.15. The SMILES string of the molecule is CCCC(=O)NCC1(O)CCc2ccccc21. The minimum atomic E-state index is -0.875. The van der Waals surface area contributed by atoms with Crippen molar-refractivity contribution < 1.29 is 9.90 Å². The van der Waals surface area contributed by atoms with Gasteiger partial charge in [0.25, 0.3) is 0 Å². The average molecular weight is 233 g/mol. The Labute approximate surface area is 102 Å². The van der Waals surface area contributed by atoms with Crippen molar-refractivity contribution in [3.05, 3.63) is 35.4 Å². The number of carbonyl (C=O) groups excluding carboxylic acids is 1. The quantitative estimate of drug-likeness (QED) is 0.832. The van der Waals surface area contributed by atoms with Gasteiger partial charge in [0.05, 0.1) is 6.54 Å². The van der Waals surface area contributed by atoms with Crippen molar-refractivity contribution in [1.29, 1.82) is 0 Å². The lowest BCUT2D eigenvalue weighted by Gasteiger charge is -2.24. The third-order valence-electron chi connectivity index (χ3n) is 3.38. The van der Waals surface area contributed by atoms with Crippen molar-refractivity contribution in [2.45, 2.75) is 38.2 Å². The zero-order valence-electron chi connectivity index (χ0n) is 10.2. The molecule has 1 aliphatic rings. The molecule has 0 aromatic heterocycles. The summed E-state index contributed by atoms with van der Waals surface area (Å²) >= 11 is 0. The Morgan fingerprint density at radius 3 is 3.00 bits per heavy atom. The lowest BCUT2D eigenvalue weighted by atomic mass is 9.96. The topological polar surface area (TPSA) is 49.3 Å². The Bertz CT molecular complexity index is 416. The Hall–Kier alpha value is -1.35. The summed E-state index contributed by atoms with van der Waals surface area (Å²) < 4.78 is 0. The summed E-state index contributed by atoms with van der Waals surface area (Å²) in [7, 11) is 0. The number of benzene rings is 1. The second-order valence-corrected chi connectivity index (χ2v) is 4.72. The number of rotatable bonds is 4. The first-order valence-corrected chi connectivity index (χ1v) is 6.23. The molecular formula is C14H19NO2. The van der Waals surface area contributed by atoms with Crippen LogP contribution in [0.1, 0.15) is 37.3 Å². The van der Waals surface area contributed by atoms with E-state index in [-0.39, 0.29) is 5.91 Å². The van der Waals surface area contributed by atoms with Gasteiger partial charge >= 0.3 is 0 Å². The van der Waals surface area contributed by atoms with Crippen LogP contribution in [0, 0.1) is 0 Å². The number of fused-ring (bicyclic) bond motifs is 1. The molecule has 1 aliphatic carbocycles. The van der Waals surface area contributed by atoms with E-state index in [2.05, 4.69) is 5.32 Å². The summed E-state index contributed by atoms with van der Waals surface area (Å²) in [6.45, 7) is 2.29. The zero-order valence-corrected chi connectivity index (χ0v) is 10.2. The van der Waals surface area contributed by atoms with E-state index in [4.69, 9.17) is 0 Å². The molecule has 0 radical (unpaired) electrons. The molecule has 0 spiro atoms. The highest BCUT2D eigenvalue weighted by molar-refractivity contribution is 5.75. The van der Waals surface area contributed by atoms with Crippen LogP contribution in [0.3, 0.4) is 0 Å². The number of amides is 1. The van der Waals surface area contributed by atoms with Gasteiger partial charge in [-0.25, -0.2) is 0 Å². The fraction of sp³-hybridized carbons (Fsp3) is 0.500. The van der Waals surface area contributed by atoms with E-state index < -0.39 is 5.60 Å². The average Bonchev–Trinajstić information content (AvgIpc) is 2.67. The smallest absolute Gasteiger partial charge is 0.220 e. The number of hydrogen-bond acceptors (Lipinski definition) is 2. The predicted octanol–water partition coefficient (Wildman–Crippen LogP) is 1.74. The molecule has 3 nitrogen and oxygen atoms in total. The molecule has 2 N–H and O–H groups in total. The van der Waals surface area contributed by atoms with Crippen molar-refractivity contribution in [2.75, 3.05) is 6.54 Å². The van der Waals surface area contributed by atoms with Gasteiger partial charge in [0.2, 0.25) is 5.91 Å². The number of hydrogen-bond donors (Lipinski definition) is 2. The van der Waals surface area contributed by atoms with Crippen molar-refractivity contribution in [2.24, 2.45) is 0 Å². The molecule has 17 heavy (non-hydrogen) atoms. The van der Waals surface area contributed by atoms with Crippen LogP contribution in [-0.4, -0.2) is 17.6 Å². The van der Waals surface area contributed by atoms with Crippen molar-refractivity contribution in [3.8, 4) is 0 Å². The van der Waals surface area contributed by atoms with Gasteiger partial charge in [-0.15, -0.1) is 0 Å². The molecule has 1 atom stereocenters. The Morgan fingerprint density at radius 2 is 2.24 bits per heavy atom. The van der Waals surface area contributed by atoms with E-state index >= 15 is 0 Å². The summed E-state index contributed by atoms with van der Waals surface area (Å²) in [6.07, 6.45) is 2.94. The van der Waals surface area contributed by atoms with E-state index in [1.165, 1.54) is 5.56 Å². The van der Waals surface area contributed by atoms with E-state index in [9.17, 15) is 9.90 Å². The molecule has 92 valence electrons. The van der Waals surface area contributed by atoms with Crippen LogP contribution in [0.5, 0.6) is 0 Å². The standard InChI is InChI=1S/C14H19NO2/c1-2-5-13(16)15-10-14(17)9-8-11-6-3-4-7-12(11)14/h3-4,6-7,17H,2,5,8-10H2,1H3,(H,15,16). The van der Waals surface area contributed by atoms with Crippen LogP contribution in [0.15, 0.2) is 24.3 Å². The van der Waals surface area contributed by atoms with Gasteiger partial charge in [-0.05, 0) is 30.4 Å². The normalized spacial score (nSPS) is 22.2. The van der Waals surface area contributed by atoms with Crippen LogP contribution in [0.25, 0.3) is 0 Å². The molecule has 0 bridgehead atoms. The molecule has 0 fully saturated rings. The largest absolute Gasteiger partial charge is 0.383 e. The van der Waals surface area contributed by atoms with Crippen molar-refractivity contribution >= 4 is 5.91 Å². The fourth-order valence-electron chi connectivity index (χ4n) is 2.41. The van der Waals surface area contributed by atoms with E-state index in [0.717, 1.165) is 18.4 Å². The molecule has 1 unspecified atom stereocenters. The maximum Gasteiger partial charge on any atom is 0.220 e. The number of aryl methyl sites for hydroxylation is 1. The lowest BCUT2D eigenvalue weighted by Crippen LogP contribution is -2.39. The molecule has 0 saturated heterocycles. The first-order valence-electron chi connectivity index (χ1n) is 6.23. The molecule has 3 heteroatoms. The highest BCUT2D eigenvalue weighted by atomic mass is 16.3. The van der Waals surface area contributed by atoms with Gasteiger partial charge in [-0.1, -0.05) is 31.2 Å². The van der Waals surface area contributed by atoms with Crippen LogP contribution in [-0.2, 0) is 16.8 Å². The van der Waals surface area contributed by atoms with Gasteiger partial charge in [-0.2, -0.15) is 0 Å². The molecule has 2 rings (SSSR count). The monoisotopic (exact) mass is 233 g/mol. The molecule has 1 aromatic carbocycles. The Kier molecular flexibility index (Phi) is 3.48. The summed E-state index contributed by atoms with van der Waals surface area (Å²) in [4.78, 5) is 11.4. The second kappa shape index (κ2) is 4.88. The third kappa shape index (κ3) is 2.50. The molecule has 0 heterocycles. The number of carbonyl (C=O) groups is 1. The third-order valence-corrected chi connectivity index (χ3v) is 3.38. The second-order valence-electron chi connectivity index (χ2n) is 4.72. The highest BCUT2D eigenvalue weighted by Crippen LogP contribution is 2.36. The molecule has 0 aliphatic heterocycles. The van der Waals surface area contributed by atoms with Crippen LogP contribution in [0.2, 0.25) is 0 Å². The van der Waals surface area contributed by atoms with E-state index in [0.29, 0.717) is 19.4 Å². The maximum absolute atomic E-state index is 11.4. The molecule has 1 amide bonds. The predicted molar refractivity (Wildman–Crippen MR) is 66.6 cm³/mol. The van der Waals surface area contributed by atoms with Crippen molar-refractivity contribution in [1.82, 2.24) is 5.32 Å². The first kappa shape index (κ1) is 12.1.